The number of rotatable bonds is 3. The number of phenols is 1. The van der Waals surface area contributed by atoms with E-state index in [0.717, 1.165) is 18.7 Å². The molecule has 0 saturated carbocycles. The van der Waals surface area contributed by atoms with Gasteiger partial charge in [0.15, 0.2) is 0 Å². The summed E-state index contributed by atoms with van der Waals surface area (Å²) in [5, 5.41) is 19.7. The second-order valence-electron chi connectivity index (χ2n) is 6.40. The van der Waals surface area contributed by atoms with Crippen LogP contribution in [0.3, 0.4) is 0 Å². The third-order valence-corrected chi connectivity index (χ3v) is 3.65. The van der Waals surface area contributed by atoms with E-state index in [2.05, 4.69) is 4.90 Å². The SMILES string of the molecule is Cc1ccc(C(=O)N2CCN(CC(C)(C)O)CC2)c(O)c1. The van der Waals surface area contributed by atoms with Gasteiger partial charge in [-0.15, -0.1) is 0 Å². The number of piperazine rings is 1. The molecule has 0 aliphatic carbocycles. The fraction of sp³-hybridized carbons (Fsp3) is 0.562. The Kier molecular flexibility index (Phi) is 4.54. The van der Waals surface area contributed by atoms with Crippen LogP contribution in [0, 0.1) is 6.92 Å². The average Bonchev–Trinajstić information content (AvgIpc) is 2.37. The first kappa shape index (κ1) is 15.8. The lowest BCUT2D eigenvalue weighted by Gasteiger charge is -2.37. The van der Waals surface area contributed by atoms with E-state index in [0.29, 0.717) is 25.2 Å². The van der Waals surface area contributed by atoms with E-state index >= 15 is 0 Å². The zero-order valence-electron chi connectivity index (χ0n) is 13.0. The maximum Gasteiger partial charge on any atom is 0.257 e. The number of nitrogens with zero attached hydrogens (tertiary/aromatic N) is 2. The Balaban J connectivity index is 1.97. The zero-order valence-corrected chi connectivity index (χ0v) is 13.0. The van der Waals surface area contributed by atoms with Crippen molar-refractivity contribution in [2.75, 3.05) is 32.7 Å². The van der Waals surface area contributed by atoms with Crippen LogP contribution in [0.1, 0.15) is 29.8 Å². The van der Waals surface area contributed by atoms with E-state index in [9.17, 15) is 15.0 Å². The van der Waals surface area contributed by atoms with Gasteiger partial charge < -0.3 is 15.1 Å². The molecule has 5 nitrogen and oxygen atoms in total. The molecule has 1 amide bonds. The van der Waals surface area contributed by atoms with Gasteiger partial charge in [-0.05, 0) is 38.5 Å². The fourth-order valence-electron chi connectivity index (χ4n) is 2.65. The Morgan fingerprint density at radius 1 is 1.24 bits per heavy atom. The summed E-state index contributed by atoms with van der Waals surface area (Å²) < 4.78 is 0. The molecule has 2 N–H and O–H groups in total. The molecular formula is C16H24N2O3. The Morgan fingerprint density at radius 3 is 2.38 bits per heavy atom. The molecule has 0 bridgehead atoms. The Hall–Kier alpha value is -1.59. The highest BCUT2D eigenvalue weighted by molar-refractivity contribution is 5.97. The van der Waals surface area contributed by atoms with Crippen LogP contribution in [-0.4, -0.2) is 64.2 Å². The lowest BCUT2D eigenvalue weighted by Crippen LogP contribution is -2.52. The van der Waals surface area contributed by atoms with E-state index in [4.69, 9.17) is 0 Å². The Morgan fingerprint density at radius 2 is 1.86 bits per heavy atom. The molecule has 21 heavy (non-hydrogen) atoms. The number of carbonyl (C=O) groups is 1. The number of hydrogen-bond acceptors (Lipinski definition) is 4. The highest BCUT2D eigenvalue weighted by atomic mass is 16.3. The van der Waals surface area contributed by atoms with Gasteiger partial charge in [0.1, 0.15) is 5.75 Å². The van der Waals surface area contributed by atoms with Crippen molar-refractivity contribution in [2.45, 2.75) is 26.4 Å². The van der Waals surface area contributed by atoms with Gasteiger partial charge in [-0.2, -0.15) is 0 Å². The van der Waals surface area contributed by atoms with Gasteiger partial charge in [-0.25, -0.2) is 0 Å². The first-order valence-corrected chi connectivity index (χ1v) is 7.30. The summed E-state index contributed by atoms with van der Waals surface area (Å²) in [4.78, 5) is 16.3. The van der Waals surface area contributed by atoms with Crippen LogP contribution in [0.25, 0.3) is 0 Å². The topological polar surface area (TPSA) is 64.0 Å². The first-order valence-electron chi connectivity index (χ1n) is 7.30. The summed E-state index contributed by atoms with van der Waals surface area (Å²) in [6.07, 6.45) is 0. The van der Waals surface area contributed by atoms with Gasteiger partial charge >= 0.3 is 0 Å². The van der Waals surface area contributed by atoms with Crippen LogP contribution >= 0.6 is 0 Å². The quantitative estimate of drug-likeness (QED) is 0.879. The molecule has 0 radical (unpaired) electrons. The maximum absolute atomic E-state index is 12.4. The van der Waals surface area contributed by atoms with Crippen molar-refractivity contribution in [3.8, 4) is 5.75 Å². The molecule has 1 aliphatic rings. The molecule has 0 unspecified atom stereocenters. The van der Waals surface area contributed by atoms with Crippen LogP contribution in [0.4, 0.5) is 0 Å². The number of phenolic OH excluding ortho intramolecular Hbond substituents is 1. The van der Waals surface area contributed by atoms with Gasteiger partial charge in [-0.3, -0.25) is 9.69 Å². The first-order chi connectivity index (χ1) is 9.76. The minimum absolute atomic E-state index is 0.0407. The van der Waals surface area contributed by atoms with Crippen molar-refractivity contribution in [2.24, 2.45) is 0 Å². The van der Waals surface area contributed by atoms with Crippen LogP contribution in [0.15, 0.2) is 18.2 Å². The second-order valence-corrected chi connectivity index (χ2v) is 6.40. The third kappa shape index (κ3) is 4.19. The van der Waals surface area contributed by atoms with E-state index in [-0.39, 0.29) is 11.7 Å². The molecule has 1 heterocycles. The van der Waals surface area contributed by atoms with Gasteiger partial charge in [0.25, 0.3) is 5.91 Å². The van der Waals surface area contributed by atoms with Gasteiger partial charge in [0.05, 0.1) is 11.2 Å². The van der Waals surface area contributed by atoms with Gasteiger partial charge in [-0.1, -0.05) is 6.07 Å². The summed E-state index contributed by atoms with van der Waals surface area (Å²) in [6, 6.07) is 5.12. The number of aromatic hydroxyl groups is 1. The molecule has 1 aromatic rings. The van der Waals surface area contributed by atoms with Crippen molar-refractivity contribution < 1.29 is 15.0 Å². The molecule has 2 rings (SSSR count). The lowest BCUT2D eigenvalue weighted by molar-refractivity contribution is 0.0178. The van der Waals surface area contributed by atoms with Crippen LogP contribution in [-0.2, 0) is 0 Å². The third-order valence-electron chi connectivity index (χ3n) is 3.65. The van der Waals surface area contributed by atoms with Crippen molar-refractivity contribution in [1.29, 1.82) is 0 Å². The highest BCUT2D eigenvalue weighted by Crippen LogP contribution is 2.21. The summed E-state index contributed by atoms with van der Waals surface area (Å²) in [5.74, 6) is -0.0886. The number of aryl methyl sites for hydroxylation is 1. The normalized spacial score (nSPS) is 17.0. The standard InChI is InChI=1S/C16H24N2O3/c1-12-4-5-13(14(19)10-12)15(20)18-8-6-17(7-9-18)11-16(2,3)21/h4-5,10,19,21H,6-9,11H2,1-3H3. The molecule has 116 valence electrons. The van der Waals surface area contributed by atoms with Crippen LogP contribution in [0.2, 0.25) is 0 Å². The fourth-order valence-corrected chi connectivity index (χ4v) is 2.65. The number of carbonyl (C=O) groups excluding carboxylic acids is 1. The molecule has 1 aliphatic heterocycles. The largest absolute Gasteiger partial charge is 0.507 e. The minimum atomic E-state index is -0.721. The summed E-state index contributed by atoms with van der Waals surface area (Å²) >= 11 is 0. The van der Waals surface area contributed by atoms with E-state index in [1.54, 1.807) is 30.9 Å². The Labute approximate surface area is 125 Å². The molecule has 0 atom stereocenters. The molecule has 1 fully saturated rings. The van der Waals surface area contributed by atoms with Crippen molar-refractivity contribution in [1.82, 2.24) is 9.80 Å². The second kappa shape index (κ2) is 6.03. The van der Waals surface area contributed by atoms with Crippen molar-refractivity contribution in [3.63, 3.8) is 0 Å². The van der Waals surface area contributed by atoms with Crippen molar-refractivity contribution in [3.05, 3.63) is 29.3 Å². The molecule has 0 spiro atoms. The van der Waals surface area contributed by atoms with Crippen LogP contribution in [0.5, 0.6) is 5.75 Å². The number of benzene rings is 1. The summed E-state index contributed by atoms with van der Waals surface area (Å²) in [7, 11) is 0. The molecule has 1 aromatic carbocycles. The number of β-amino-alcohol motifs (C(OH)–C–C–N with tert-alkyl or cyclic N) is 1. The lowest BCUT2D eigenvalue weighted by atomic mass is 10.1. The monoisotopic (exact) mass is 292 g/mol. The molecule has 1 saturated heterocycles. The smallest absolute Gasteiger partial charge is 0.257 e. The number of amides is 1. The van der Waals surface area contributed by atoms with Crippen molar-refractivity contribution >= 4 is 5.91 Å². The minimum Gasteiger partial charge on any atom is -0.507 e. The maximum atomic E-state index is 12.4. The number of hydrogen-bond donors (Lipinski definition) is 2. The number of aliphatic hydroxyl groups is 1. The predicted octanol–water partition coefficient (Wildman–Crippen LogP) is 1.23. The van der Waals surface area contributed by atoms with Crippen LogP contribution < -0.4 is 0 Å². The summed E-state index contributed by atoms with van der Waals surface area (Å²) in [5.41, 5.74) is 0.567. The van der Waals surface area contributed by atoms with E-state index in [1.807, 2.05) is 13.0 Å². The summed E-state index contributed by atoms with van der Waals surface area (Å²) in [6.45, 7) is 8.76. The molecule has 0 aromatic heterocycles. The highest BCUT2D eigenvalue weighted by Gasteiger charge is 2.26. The van der Waals surface area contributed by atoms with Gasteiger partial charge in [0, 0.05) is 32.7 Å². The van der Waals surface area contributed by atoms with Gasteiger partial charge in [0.2, 0.25) is 0 Å². The average molecular weight is 292 g/mol. The predicted molar refractivity (Wildman–Crippen MR) is 81.5 cm³/mol. The van der Waals surface area contributed by atoms with E-state index < -0.39 is 5.60 Å². The Bertz CT molecular complexity index is 515. The van der Waals surface area contributed by atoms with E-state index in [1.165, 1.54) is 0 Å². The molecular weight excluding hydrogens is 268 g/mol. The zero-order chi connectivity index (χ0) is 15.6. The molecule has 5 heteroatoms.